The van der Waals surface area contributed by atoms with Crippen LogP contribution < -0.4 is 9.47 Å². The van der Waals surface area contributed by atoms with Gasteiger partial charge in [0.25, 0.3) is 0 Å². The van der Waals surface area contributed by atoms with Crippen molar-refractivity contribution in [3.63, 3.8) is 0 Å². The van der Waals surface area contributed by atoms with E-state index in [1.165, 1.54) is 0 Å². The second kappa shape index (κ2) is 5.72. The summed E-state index contributed by atoms with van der Waals surface area (Å²) >= 11 is 0. The van der Waals surface area contributed by atoms with Gasteiger partial charge >= 0.3 is 5.97 Å². The molecule has 0 unspecified atom stereocenters. The van der Waals surface area contributed by atoms with Crippen LogP contribution in [0.4, 0.5) is 0 Å². The summed E-state index contributed by atoms with van der Waals surface area (Å²) in [5.74, 6) is 2.13. The van der Waals surface area contributed by atoms with Gasteiger partial charge in [-0.2, -0.15) is 0 Å². The van der Waals surface area contributed by atoms with Gasteiger partial charge in [-0.25, -0.2) is 4.79 Å². The van der Waals surface area contributed by atoms with E-state index in [0.29, 0.717) is 18.6 Å². The Balaban J connectivity index is 2.01. The van der Waals surface area contributed by atoms with E-state index in [-0.39, 0.29) is 5.97 Å². The lowest BCUT2D eigenvalue weighted by Gasteiger charge is -2.23. The van der Waals surface area contributed by atoms with Gasteiger partial charge in [0.15, 0.2) is 0 Å². The molecule has 4 heteroatoms. The molecule has 0 saturated carbocycles. The van der Waals surface area contributed by atoms with Crippen molar-refractivity contribution in [1.82, 2.24) is 0 Å². The Morgan fingerprint density at radius 3 is 2.73 bits per heavy atom. The zero-order valence-corrected chi connectivity index (χ0v) is 12.9. The number of fused-ring (bicyclic) bond motifs is 2. The molecule has 1 aliphatic rings. The highest BCUT2D eigenvalue weighted by Gasteiger charge is 2.23. The molecule has 0 saturated heterocycles. The van der Waals surface area contributed by atoms with Crippen LogP contribution in [-0.2, 0) is 11.2 Å². The summed E-state index contributed by atoms with van der Waals surface area (Å²) in [4.78, 5) is 12.0. The van der Waals surface area contributed by atoms with Crippen molar-refractivity contribution in [3.05, 3.63) is 52.6 Å². The zero-order chi connectivity index (χ0) is 15.7. The largest absolute Gasteiger partial charge is 0.497 e. The Bertz CT molecular complexity index is 734. The van der Waals surface area contributed by atoms with Crippen molar-refractivity contribution in [2.24, 2.45) is 0 Å². The molecule has 0 amide bonds. The number of carbonyl (C=O) groups is 1. The van der Waals surface area contributed by atoms with Crippen LogP contribution in [0.1, 0.15) is 34.0 Å². The van der Waals surface area contributed by atoms with Gasteiger partial charge in [0.1, 0.15) is 17.2 Å². The minimum absolute atomic E-state index is 0.292. The van der Waals surface area contributed by atoms with Crippen LogP contribution in [0.5, 0.6) is 17.2 Å². The van der Waals surface area contributed by atoms with E-state index < -0.39 is 0 Å². The first-order valence-corrected chi connectivity index (χ1v) is 7.28. The van der Waals surface area contributed by atoms with Crippen molar-refractivity contribution in [3.8, 4) is 17.2 Å². The zero-order valence-electron chi connectivity index (χ0n) is 12.9. The van der Waals surface area contributed by atoms with E-state index in [4.69, 9.17) is 14.2 Å². The maximum absolute atomic E-state index is 12.0. The van der Waals surface area contributed by atoms with E-state index in [0.717, 1.165) is 33.9 Å². The third-order valence-corrected chi connectivity index (χ3v) is 3.91. The summed E-state index contributed by atoms with van der Waals surface area (Å²) in [6.07, 6.45) is 0.709. The standard InChI is InChI=1S/C18H18O4/c1-4-21-18(19)14-6-8-17-15(11(14)2)10-12-9-13(20-3)5-7-16(12)22-17/h5-9H,4,10H2,1-3H3. The average Bonchev–Trinajstić information content (AvgIpc) is 2.53. The molecule has 3 rings (SSSR count). The molecule has 2 aromatic carbocycles. The molecular formula is C18H18O4. The molecule has 0 bridgehead atoms. The Labute approximate surface area is 129 Å². The van der Waals surface area contributed by atoms with Crippen molar-refractivity contribution in [2.45, 2.75) is 20.3 Å². The molecule has 0 aliphatic carbocycles. The highest BCUT2D eigenvalue weighted by molar-refractivity contribution is 5.92. The van der Waals surface area contributed by atoms with Crippen LogP contribution >= 0.6 is 0 Å². The van der Waals surface area contributed by atoms with E-state index in [9.17, 15) is 4.79 Å². The number of carbonyl (C=O) groups excluding carboxylic acids is 1. The van der Waals surface area contributed by atoms with Gasteiger partial charge in [-0.1, -0.05) is 0 Å². The molecular weight excluding hydrogens is 280 g/mol. The van der Waals surface area contributed by atoms with Gasteiger partial charge < -0.3 is 14.2 Å². The van der Waals surface area contributed by atoms with Crippen molar-refractivity contribution < 1.29 is 19.0 Å². The van der Waals surface area contributed by atoms with E-state index in [2.05, 4.69) is 0 Å². The third kappa shape index (κ3) is 2.41. The minimum atomic E-state index is -0.292. The lowest BCUT2D eigenvalue weighted by Crippen LogP contribution is -2.11. The van der Waals surface area contributed by atoms with Crippen molar-refractivity contribution in [1.29, 1.82) is 0 Å². The van der Waals surface area contributed by atoms with Gasteiger partial charge in [0.2, 0.25) is 0 Å². The fraction of sp³-hybridized carbons (Fsp3) is 0.278. The summed E-state index contributed by atoms with van der Waals surface area (Å²) in [5, 5.41) is 0. The first kappa shape index (κ1) is 14.4. The van der Waals surface area contributed by atoms with Crippen LogP contribution in [0, 0.1) is 6.92 Å². The van der Waals surface area contributed by atoms with Gasteiger partial charge in [-0.3, -0.25) is 0 Å². The maximum atomic E-state index is 12.0. The van der Waals surface area contributed by atoms with Crippen LogP contribution in [0.25, 0.3) is 0 Å². The first-order chi connectivity index (χ1) is 10.6. The normalized spacial score (nSPS) is 12.0. The lowest BCUT2D eigenvalue weighted by molar-refractivity contribution is 0.0525. The van der Waals surface area contributed by atoms with Crippen molar-refractivity contribution in [2.75, 3.05) is 13.7 Å². The Morgan fingerprint density at radius 2 is 2.00 bits per heavy atom. The predicted octanol–water partition coefficient (Wildman–Crippen LogP) is 3.88. The topological polar surface area (TPSA) is 44.8 Å². The fourth-order valence-corrected chi connectivity index (χ4v) is 2.71. The molecule has 22 heavy (non-hydrogen) atoms. The molecule has 0 atom stereocenters. The Hall–Kier alpha value is -2.49. The van der Waals surface area contributed by atoms with Crippen LogP contribution in [0.2, 0.25) is 0 Å². The number of methoxy groups -OCH3 is 1. The summed E-state index contributed by atoms with van der Waals surface area (Å²) in [7, 11) is 1.64. The molecule has 0 spiro atoms. The molecule has 0 aromatic heterocycles. The number of benzene rings is 2. The lowest BCUT2D eigenvalue weighted by atomic mass is 9.93. The summed E-state index contributed by atoms with van der Waals surface area (Å²) < 4.78 is 16.3. The summed E-state index contributed by atoms with van der Waals surface area (Å²) in [6.45, 7) is 4.10. The van der Waals surface area contributed by atoms with Gasteiger partial charge in [0.05, 0.1) is 19.3 Å². The Morgan fingerprint density at radius 1 is 1.23 bits per heavy atom. The molecule has 0 radical (unpaired) electrons. The second-order valence-corrected chi connectivity index (χ2v) is 5.19. The SMILES string of the molecule is CCOC(=O)c1ccc2c(c1C)Cc1cc(OC)ccc1O2. The number of ether oxygens (including phenoxy) is 3. The minimum Gasteiger partial charge on any atom is -0.497 e. The van der Waals surface area contributed by atoms with Crippen LogP contribution in [-0.4, -0.2) is 19.7 Å². The third-order valence-electron chi connectivity index (χ3n) is 3.91. The van der Waals surface area contributed by atoms with Gasteiger partial charge in [0, 0.05) is 17.5 Å². The van der Waals surface area contributed by atoms with E-state index in [1.54, 1.807) is 20.1 Å². The average molecular weight is 298 g/mol. The molecule has 2 aromatic rings. The molecule has 0 fully saturated rings. The van der Waals surface area contributed by atoms with Gasteiger partial charge in [-0.05, 0) is 49.7 Å². The summed E-state index contributed by atoms with van der Waals surface area (Å²) in [5.41, 5.74) is 3.57. The molecule has 4 nitrogen and oxygen atoms in total. The number of rotatable bonds is 3. The first-order valence-electron chi connectivity index (χ1n) is 7.28. The van der Waals surface area contributed by atoms with Crippen LogP contribution in [0.15, 0.2) is 30.3 Å². The summed E-state index contributed by atoms with van der Waals surface area (Å²) in [6, 6.07) is 9.35. The number of hydrogen-bond acceptors (Lipinski definition) is 4. The smallest absolute Gasteiger partial charge is 0.338 e. The number of hydrogen-bond donors (Lipinski definition) is 0. The second-order valence-electron chi connectivity index (χ2n) is 5.19. The van der Waals surface area contributed by atoms with E-state index >= 15 is 0 Å². The quantitative estimate of drug-likeness (QED) is 0.688. The molecule has 1 heterocycles. The molecule has 114 valence electrons. The highest BCUT2D eigenvalue weighted by Crippen LogP contribution is 2.40. The van der Waals surface area contributed by atoms with Crippen LogP contribution in [0.3, 0.4) is 0 Å². The van der Waals surface area contributed by atoms with Gasteiger partial charge in [-0.15, -0.1) is 0 Å². The van der Waals surface area contributed by atoms with E-state index in [1.807, 2.05) is 31.2 Å². The fourth-order valence-electron chi connectivity index (χ4n) is 2.71. The highest BCUT2D eigenvalue weighted by atomic mass is 16.5. The number of esters is 1. The maximum Gasteiger partial charge on any atom is 0.338 e. The monoisotopic (exact) mass is 298 g/mol. The predicted molar refractivity (Wildman–Crippen MR) is 83.0 cm³/mol. The molecule has 0 N–H and O–H groups in total. The Kier molecular flexibility index (Phi) is 3.75. The van der Waals surface area contributed by atoms with Crippen molar-refractivity contribution >= 4 is 5.97 Å². The molecule has 1 aliphatic heterocycles.